The standard InChI is InChI=1S/C10H12ClFN2O.ClH/c1-13-4-5-14-10(15)8-6-7(11)2-3-9(8)12;/h2-3,6,13H,4-5H2,1H3,(H,14,15);1H. The maximum Gasteiger partial charge on any atom is 0.254 e. The van der Waals surface area contributed by atoms with Crippen LogP contribution in [0.5, 0.6) is 0 Å². The van der Waals surface area contributed by atoms with Gasteiger partial charge in [0.1, 0.15) is 5.82 Å². The van der Waals surface area contributed by atoms with Crippen molar-refractivity contribution in [1.82, 2.24) is 10.6 Å². The fourth-order valence-electron chi connectivity index (χ4n) is 1.07. The molecule has 2 N–H and O–H groups in total. The SMILES string of the molecule is CNCCNC(=O)c1cc(Cl)ccc1F.Cl. The second-order valence-electron chi connectivity index (χ2n) is 2.98. The normalized spacial score (nSPS) is 9.44. The smallest absolute Gasteiger partial charge is 0.254 e. The third-order valence-corrected chi connectivity index (χ3v) is 2.07. The van der Waals surface area contributed by atoms with Gasteiger partial charge < -0.3 is 10.6 Å². The van der Waals surface area contributed by atoms with Crippen LogP contribution in [-0.4, -0.2) is 26.0 Å². The molecular formula is C10H13Cl2FN2O. The van der Waals surface area contributed by atoms with E-state index in [4.69, 9.17) is 11.6 Å². The predicted molar refractivity (Wildman–Crippen MR) is 64.9 cm³/mol. The van der Waals surface area contributed by atoms with E-state index in [0.29, 0.717) is 18.1 Å². The second-order valence-corrected chi connectivity index (χ2v) is 3.42. The van der Waals surface area contributed by atoms with Crippen molar-refractivity contribution in [2.45, 2.75) is 0 Å². The number of likely N-dealkylation sites (N-methyl/N-ethyl adjacent to an activating group) is 1. The summed E-state index contributed by atoms with van der Waals surface area (Å²) >= 11 is 5.66. The first-order chi connectivity index (χ1) is 7.15. The second kappa shape index (κ2) is 7.44. The summed E-state index contributed by atoms with van der Waals surface area (Å²) in [6.45, 7) is 1.08. The van der Waals surface area contributed by atoms with E-state index in [-0.39, 0.29) is 18.0 Å². The van der Waals surface area contributed by atoms with E-state index < -0.39 is 11.7 Å². The molecule has 0 aliphatic heterocycles. The van der Waals surface area contributed by atoms with Gasteiger partial charge in [-0.3, -0.25) is 4.79 Å². The maximum atomic E-state index is 13.2. The van der Waals surface area contributed by atoms with Crippen molar-refractivity contribution in [3.63, 3.8) is 0 Å². The van der Waals surface area contributed by atoms with Crippen molar-refractivity contribution in [3.05, 3.63) is 34.6 Å². The summed E-state index contributed by atoms with van der Waals surface area (Å²) in [7, 11) is 1.77. The van der Waals surface area contributed by atoms with Crippen LogP contribution in [0.15, 0.2) is 18.2 Å². The molecule has 1 rings (SSSR count). The van der Waals surface area contributed by atoms with Gasteiger partial charge in [-0.25, -0.2) is 4.39 Å². The highest BCUT2D eigenvalue weighted by molar-refractivity contribution is 6.30. The van der Waals surface area contributed by atoms with Crippen LogP contribution in [0.25, 0.3) is 0 Å². The van der Waals surface area contributed by atoms with E-state index in [1.165, 1.54) is 18.2 Å². The van der Waals surface area contributed by atoms with Crippen molar-refractivity contribution in [1.29, 1.82) is 0 Å². The van der Waals surface area contributed by atoms with Crippen molar-refractivity contribution >= 4 is 29.9 Å². The van der Waals surface area contributed by atoms with E-state index in [1.807, 2.05) is 0 Å². The van der Waals surface area contributed by atoms with Crippen LogP contribution < -0.4 is 10.6 Å². The van der Waals surface area contributed by atoms with E-state index in [0.717, 1.165) is 0 Å². The quantitative estimate of drug-likeness (QED) is 0.817. The van der Waals surface area contributed by atoms with Crippen molar-refractivity contribution < 1.29 is 9.18 Å². The van der Waals surface area contributed by atoms with Gasteiger partial charge in [-0.05, 0) is 25.2 Å². The zero-order valence-electron chi connectivity index (χ0n) is 8.72. The highest BCUT2D eigenvalue weighted by atomic mass is 35.5. The summed E-state index contributed by atoms with van der Waals surface area (Å²) in [5.41, 5.74) is -0.0291. The zero-order valence-corrected chi connectivity index (χ0v) is 10.3. The van der Waals surface area contributed by atoms with Crippen LogP contribution in [0, 0.1) is 5.82 Å². The van der Waals surface area contributed by atoms with Crippen molar-refractivity contribution in [3.8, 4) is 0 Å². The Morgan fingerprint density at radius 1 is 1.44 bits per heavy atom. The number of nitrogens with one attached hydrogen (secondary N) is 2. The largest absolute Gasteiger partial charge is 0.351 e. The molecule has 1 aromatic carbocycles. The predicted octanol–water partition coefficient (Wildman–Crippen LogP) is 1.85. The molecule has 16 heavy (non-hydrogen) atoms. The minimum absolute atomic E-state index is 0. The van der Waals surface area contributed by atoms with Crippen LogP contribution in [0.2, 0.25) is 5.02 Å². The number of hydrogen-bond acceptors (Lipinski definition) is 2. The highest BCUT2D eigenvalue weighted by Gasteiger charge is 2.11. The number of carbonyl (C=O) groups excluding carboxylic acids is 1. The fraction of sp³-hybridized carbons (Fsp3) is 0.300. The van der Waals surface area contributed by atoms with Gasteiger partial charge in [0.2, 0.25) is 0 Å². The first-order valence-corrected chi connectivity index (χ1v) is 4.91. The van der Waals surface area contributed by atoms with E-state index in [1.54, 1.807) is 7.05 Å². The average Bonchev–Trinajstić information content (AvgIpc) is 2.22. The molecule has 1 aromatic rings. The fourth-order valence-corrected chi connectivity index (χ4v) is 1.24. The average molecular weight is 267 g/mol. The Kier molecular flexibility index (Phi) is 7.05. The Balaban J connectivity index is 0.00000225. The molecule has 0 saturated carbocycles. The minimum atomic E-state index is -0.568. The first kappa shape index (κ1) is 15.2. The summed E-state index contributed by atoms with van der Waals surface area (Å²) in [5.74, 6) is -1.02. The topological polar surface area (TPSA) is 41.1 Å². The van der Waals surface area contributed by atoms with E-state index >= 15 is 0 Å². The molecule has 0 spiro atoms. The lowest BCUT2D eigenvalue weighted by Gasteiger charge is -2.05. The van der Waals surface area contributed by atoms with Gasteiger partial charge in [0.15, 0.2) is 0 Å². The summed E-state index contributed by atoms with van der Waals surface area (Å²) in [4.78, 5) is 11.5. The number of amides is 1. The van der Waals surface area contributed by atoms with Gasteiger partial charge >= 0.3 is 0 Å². The van der Waals surface area contributed by atoms with Gasteiger partial charge in [-0.15, -0.1) is 12.4 Å². The van der Waals surface area contributed by atoms with Crippen molar-refractivity contribution in [2.24, 2.45) is 0 Å². The van der Waals surface area contributed by atoms with Gasteiger partial charge in [0.25, 0.3) is 5.91 Å². The number of benzene rings is 1. The third kappa shape index (κ3) is 4.35. The molecule has 0 radical (unpaired) electrons. The Morgan fingerprint density at radius 3 is 2.75 bits per heavy atom. The Morgan fingerprint density at radius 2 is 2.12 bits per heavy atom. The molecule has 0 heterocycles. The van der Waals surface area contributed by atoms with Gasteiger partial charge in [-0.1, -0.05) is 11.6 Å². The molecule has 0 aromatic heterocycles. The first-order valence-electron chi connectivity index (χ1n) is 4.53. The molecule has 0 aliphatic rings. The van der Waals surface area contributed by atoms with E-state index in [2.05, 4.69) is 10.6 Å². The molecule has 1 amide bonds. The number of halogens is 3. The van der Waals surface area contributed by atoms with Crippen LogP contribution in [-0.2, 0) is 0 Å². The summed E-state index contributed by atoms with van der Waals surface area (Å²) in [6.07, 6.45) is 0. The van der Waals surface area contributed by atoms with Crippen LogP contribution in [0.3, 0.4) is 0 Å². The third-order valence-electron chi connectivity index (χ3n) is 1.83. The van der Waals surface area contributed by atoms with Crippen LogP contribution in [0.1, 0.15) is 10.4 Å². The molecule has 0 atom stereocenters. The van der Waals surface area contributed by atoms with Crippen molar-refractivity contribution in [2.75, 3.05) is 20.1 Å². The van der Waals surface area contributed by atoms with Crippen LogP contribution in [0.4, 0.5) is 4.39 Å². The molecule has 3 nitrogen and oxygen atoms in total. The van der Waals surface area contributed by atoms with Gasteiger partial charge in [0.05, 0.1) is 5.56 Å². The monoisotopic (exact) mass is 266 g/mol. The molecule has 0 bridgehead atoms. The Bertz CT molecular complexity index is 361. The molecule has 0 unspecified atom stereocenters. The molecule has 0 saturated heterocycles. The highest BCUT2D eigenvalue weighted by Crippen LogP contribution is 2.14. The molecule has 0 fully saturated rings. The maximum absolute atomic E-state index is 13.2. The lowest BCUT2D eigenvalue weighted by Crippen LogP contribution is -2.30. The molecule has 6 heteroatoms. The van der Waals surface area contributed by atoms with E-state index in [9.17, 15) is 9.18 Å². The molecular weight excluding hydrogens is 254 g/mol. The molecule has 0 aliphatic carbocycles. The summed E-state index contributed by atoms with van der Waals surface area (Å²) < 4.78 is 13.2. The Labute approximate surface area is 105 Å². The number of hydrogen-bond donors (Lipinski definition) is 2. The number of rotatable bonds is 4. The van der Waals surface area contributed by atoms with Gasteiger partial charge in [-0.2, -0.15) is 0 Å². The lowest BCUT2D eigenvalue weighted by molar-refractivity contribution is 0.0950. The number of carbonyl (C=O) groups is 1. The summed E-state index contributed by atoms with van der Waals surface area (Å²) in [6, 6.07) is 3.89. The zero-order chi connectivity index (χ0) is 11.3. The Hall–Kier alpha value is -0.840. The van der Waals surface area contributed by atoms with Gasteiger partial charge in [0, 0.05) is 18.1 Å². The lowest BCUT2D eigenvalue weighted by atomic mass is 10.2. The minimum Gasteiger partial charge on any atom is -0.351 e. The molecule has 90 valence electrons. The summed E-state index contributed by atoms with van der Waals surface area (Å²) in [5, 5.41) is 5.78. The van der Waals surface area contributed by atoms with Crippen LogP contribution >= 0.6 is 24.0 Å².